The van der Waals surface area contributed by atoms with Gasteiger partial charge in [-0.25, -0.2) is 0 Å². The zero-order valence-electron chi connectivity index (χ0n) is 8.65. The Kier molecular flexibility index (Phi) is 5.27. The molecule has 2 rings (SSSR count). The molecule has 0 spiro atoms. The molecule has 0 atom stereocenters. The van der Waals surface area contributed by atoms with E-state index in [-0.39, 0.29) is 6.10 Å². The highest BCUT2D eigenvalue weighted by atomic mass is 16.5. The zero-order chi connectivity index (χ0) is 10.2. The number of ether oxygens (including phenoxy) is 1. The van der Waals surface area contributed by atoms with Crippen molar-refractivity contribution in [3.05, 3.63) is 35.9 Å². The SMILES string of the molecule is COCc1ccccc1.OC1CCC1. The van der Waals surface area contributed by atoms with Crippen molar-refractivity contribution in [2.24, 2.45) is 0 Å². The molecule has 0 aliphatic heterocycles. The minimum absolute atomic E-state index is 0.0648. The second-order valence-corrected chi connectivity index (χ2v) is 3.50. The Morgan fingerprint density at radius 1 is 1.29 bits per heavy atom. The maximum absolute atomic E-state index is 8.45. The van der Waals surface area contributed by atoms with Gasteiger partial charge in [-0.05, 0) is 24.8 Å². The average Bonchev–Trinajstić information content (AvgIpc) is 2.18. The monoisotopic (exact) mass is 194 g/mol. The smallest absolute Gasteiger partial charge is 0.0713 e. The van der Waals surface area contributed by atoms with Crippen molar-refractivity contribution in [2.45, 2.75) is 32.0 Å². The maximum atomic E-state index is 8.45. The van der Waals surface area contributed by atoms with Gasteiger partial charge >= 0.3 is 0 Å². The van der Waals surface area contributed by atoms with Crippen LogP contribution < -0.4 is 0 Å². The average molecular weight is 194 g/mol. The molecule has 1 aliphatic carbocycles. The molecule has 1 fully saturated rings. The predicted molar refractivity (Wildman–Crippen MR) is 57.0 cm³/mol. The Balaban J connectivity index is 0.000000165. The van der Waals surface area contributed by atoms with Gasteiger partial charge in [0.05, 0.1) is 12.7 Å². The van der Waals surface area contributed by atoms with Crippen LogP contribution in [0, 0.1) is 0 Å². The first-order chi connectivity index (χ1) is 6.83. The lowest BCUT2D eigenvalue weighted by Gasteiger charge is -2.17. The van der Waals surface area contributed by atoms with Gasteiger partial charge in [-0.3, -0.25) is 0 Å². The van der Waals surface area contributed by atoms with Crippen molar-refractivity contribution in [1.29, 1.82) is 0 Å². The van der Waals surface area contributed by atoms with E-state index in [0.717, 1.165) is 12.8 Å². The molecule has 0 amide bonds. The first-order valence-corrected chi connectivity index (χ1v) is 5.04. The molecule has 1 N–H and O–H groups in total. The van der Waals surface area contributed by atoms with Crippen LogP contribution in [0.1, 0.15) is 24.8 Å². The van der Waals surface area contributed by atoms with Crippen LogP contribution in [0.25, 0.3) is 0 Å². The molecular weight excluding hydrogens is 176 g/mol. The summed E-state index contributed by atoms with van der Waals surface area (Å²) in [6.45, 7) is 0.709. The summed E-state index contributed by atoms with van der Waals surface area (Å²) in [5.41, 5.74) is 1.22. The van der Waals surface area contributed by atoms with Crippen LogP contribution in [0.3, 0.4) is 0 Å². The Morgan fingerprint density at radius 3 is 2.21 bits per heavy atom. The minimum Gasteiger partial charge on any atom is -0.393 e. The predicted octanol–water partition coefficient (Wildman–Crippen LogP) is 2.36. The van der Waals surface area contributed by atoms with E-state index in [9.17, 15) is 0 Å². The molecule has 1 aromatic rings. The van der Waals surface area contributed by atoms with Gasteiger partial charge in [0.25, 0.3) is 0 Å². The van der Waals surface area contributed by atoms with Crippen LogP contribution in [0.15, 0.2) is 30.3 Å². The van der Waals surface area contributed by atoms with Gasteiger partial charge in [0.2, 0.25) is 0 Å². The van der Waals surface area contributed by atoms with Crippen LogP contribution >= 0.6 is 0 Å². The molecule has 0 aromatic heterocycles. The van der Waals surface area contributed by atoms with E-state index in [4.69, 9.17) is 9.84 Å². The lowest BCUT2D eigenvalue weighted by Crippen LogP contribution is -2.15. The number of methoxy groups -OCH3 is 1. The van der Waals surface area contributed by atoms with Crippen molar-refractivity contribution in [3.8, 4) is 0 Å². The third-order valence-electron chi connectivity index (χ3n) is 2.23. The van der Waals surface area contributed by atoms with E-state index in [0.29, 0.717) is 6.61 Å². The molecule has 0 heterocycles. The van der Waals surface area contributed by atoms with Gasteiger partial charge in [0.15, 0.2) is 0 Å². The summed E-state index contributed by atoms with van der Waals surface area (Å²) in [6.07, 6.45) is 3.39. The Hall–Kier alpha value is -0.860. The van der Waals surface area contributed by atoms with Crippen molar-refractivity contribution in [1.82, 2.24) is 0 Å². The molecule has 1 saturated carbocycles. The standard InChI is InChI=1S/C8H10O.C4H8O/c1-9-7-8-5-3-2-4-6-8;5-4-2-1-3-4/h2-6H,7H2,1H3;4-5H,1-3H2. The van der Waals surface area contributed by atoms with Crippen LogP contribution in [-0.2, 0) is 11.3 Å². The fourth-order valence-corrected chi connectivity index (χ4v) is 1.13. The van der Waals surface area contributed by atoms with Gasteiger partial charge in [-0.15, -0.1) is 0 Å². The van der Waals surface area contributed by atoms with Crippen molar-refractivity contribution >= 4 is 0 Å². The molecule has 0 radical (unpaired) electrons. The van der Waals surface area contributed by atoms with Crippen molar-refractivity contribution < 1.29 is 9.84 Å². The molecule has 2 heteroatoms. The van der Waals surface area contributed by atoms with E-state index < -0.39 is 0 Å². The van der Waals surface area contributed by atoms with Crippen molar-refractivity contribution in [3.63, 3.8) is 0 Å². The molecule has 1 aliphatic rings. The number of rotatable bonds is 2. The van der Waals surface area contributed by atoms with E-state index in [1.807, 2.05) is 30.3 Å². The van der Waals surface area contributed by atoms with Gasteiger partial charge < -0.3 is 9.84 Å². The van der Waals surface area contributed by atoms with Crippen LogP contribution in [0.2, 0.25) is 0 Å². The highest BCUT2D eigenvalue weighted by molar-refractivity contribution is 5.13. The van der Waals surface area contributed by atoms with E-state index >= 15 is 0 Å². The number of benzene rings is 1. The number of aliphatic hydroxyl groups is 1. The second-order valence-electron chi connectivity index (χ2n) is 3.50. The van der Waals surface area contributed by atoms with E-state index in [1.165, 1.54) is 12.0 Å². The molecule has 2 nitrogen and oxygen atoms in total. The maximum Gasteiger partial charge on any atom is 0.0713 e. The summed E-state index contributed by atoms with van der Waals surface area (Å²) in [4.78, 5) is 0. The van der Waals surface area contributed by atoms with Crippen LogP contribution in [0.5, 0.6) is 0 Å². The zero-order valence-corrected chi connectivity index (χ0v) is 8.65. The second kappa shape index (κ2) is 6.57. The van der Waals surface area contributed by atoms with Gasteiger partial charge in [-0.2, -0.15) is 0 Å². The topological polar surface area (TPSA) is 29.5 Å². The molecular formula is C12H18O2. The fraction of sp³-hybridized carbons (Fsp3) is 0.500. The quantitative estimate of drug-likeness (QED) is 0.783. The number of aliphatic hydroxyl groups excluding tert-OH is 1. The van der Waals surface area contributed by atoms with E-state index in [2.05, 4.69) is 0 Å². The lowest BCUT2D eigenvalue weighted by atomic mass is 9.97. The molecule has 0 saturated heterocycles. The fourth-order valence-electron chi connectivity index (χ4n) is 1.13. The highest BCUT2D eigenvalue weighted by Gasteiger charge is 2.11. The summed E-state index contributed by atoms with van der Waals surface area (Å²) < 4.78 is 4.93. The third-order valence-corrected chi connectivity index (χ3v) is 2.23. The summed E-state index contributed by atoms with van der Waals surface area (Å²) in [6, 6.07) is 10.1. The number of hydrogen-bond donors (Lipinski definition) is 1. The molecule has 0 unspecified atom stereocenters. The van der Waals surface area contributed by atoms with Gasteiger partial charge in [0, 0.05) is 7.11 Å². The minimum atomic E-state index is 0.0648. The summed E-state index contributed by atoms with van der Waals surface area (Å²) in [5.74, 6) is 0. The van der Waals surface area contributed by atoms with Crippen LogP contribution in [0.4, 0.5) is 0 Å². The summed E-state index contributed by atoms with van der Waals surface area (Å²) in [7, 11) is 1.70. The third kappa shape index (κ3) is 4.40. The Morgan fingerprint density at radius 2 is 1.86 bits per heavy atom. The normalized spacial score (nSPS) is 15.3. The first kappa shape index (κ1) is 11.2. The number of hydrogen-bond acceptors (Lipinski definition) is 2. The van der Waals surface area contributed by atoms with E-state index in [1.54, 1.807) is 7.11 Å². The highest BCUT2D eigenvalue weighted by Crippen LogP contribution is 2.16. The summed E-state index contributed by atoms with van der Waals surface area (Å²) >= 11 is 0. The molecule has 78 valence electrons. The molecule has 14 heavy (non-hydrogen) atoms. The van der Waals surface area contributed by atoms with Crippen molar-refractivity contribution in [2.75, 3.05) is 7.11 Å². The Bertz CT molecular complexity index is 229. The molecule has 0 bridgehead atoms. The summed E-state index contributed by atoms with van der Waals surface area (Å²) in [5, 5.41) is 8.45. The molecule has 1 aromatic carbocycles. The first-order valence-electron chi connectivity index (χ1n) is 5.04. The largest absolute Gasteiger partial charge is 0.393 e. The van der Waals surface area contributed by atoms with Gasteiger partial charge in [0.1, 0.15) is 0 Å². The Labute approximate surface area is 85.5 Å². The van der Waals surface area contributed by atoms with Gasteiger partial charge in [-0.1, -0.05) is 30.3 Å². The lowest BCUT2D eigenvalue weighted by molar-refractivity contribution is 0.0950. The van der Waals surface area contributed by atoms with Crippen LogP contribution in [-0.4, -0.2) is 18.3 Å².